The highest BCUT2D eigenvalue weighted by molar-refractivity contribution is 7.89. The number of ketones is 1. The van der Waals surface area contributed by atoms with Gasteiger partial charge in [0.25, 0.3) is 5.91 Å². The van der Waals surface area contributed by atoms with E-state index in [9.17, 15) is 22.8 Å². The summed E-state index contributed by atoms with van der Waals surface area (Å²) in [4.78, 5) is 36.0. The molecule has 0 aromatic heterocycles. The van der Waals surface area contributed by atoms with E-state index in [-0.39, 0.29) is 23.5 Å². The van der Waals surface area contributed by atoms with Crippen molar-refractivity contribution in [1.29, 1.82) is 0 Å². The zero-order valence-electron chi connectivity index (χ0n) is 15.4. The Kier molecular flexibility index (Phi) is 7.49. The van der Waals surface area contributed by atoms with Crippen LogP contribution in [-0.2, 0) is 24.3 Å². The van der Waals surface area contributed by atoms with Crippen molar-refractivity contribution in [2.45, 2.75) is 30.8 Å². The Balaban J connectivity index is 1.83. The Morgan fingerprint density at radius 2 is 1.62 bits per heavy atom. The first-order chi connectivity index (χ1) is 13.6. The number of hydrogen-bond donors (Lipinski definition) is 2. The molecular formula is C19H19ClN2O6S. The number of rotatable bonds is 8. The van der Waals surface area contributed by atoms with Crippen LogP contribution in [0.1, 0.15) is 30.1 Å². The Labute approximate surface area is 173 Å². The molecule has 10 heteroatoms. The molecule has 29 heavy (non-hydrogen) atoms. The number of anilines is 1. The second-order valence-corrected chi connectivity index (χ2v) is 8.12. The van der Waals surface area contributed by atoms with Crippen LogP contribution in [0.25, 0.3) is 0 Å². The summed E-state index contributed by atoms with van der Waals surface area (Å²) in [6.07, 6.45) is -1.35. The zero-order valence-corrected chi connectivity index (χ0v) is 17.0. The molecule has 1 atom stereocenters. The third-order valence-electron chi connectivity index (χ3n) is 3.85. The normalized spacial score (nSPS) is 12.1. The number of sulfonamides is 1. The third-order valence-corrected chi connectivity index (χ3v) is 5.03. The average molecular weight is 439 g/mol. The quantitative estimate of drug-likeness (QED) is 0.480. The summed E-state index contributed by atoms with van der Waals surface area (Å²) in [5, 5.41) is 7.99. The number of primary sulfonamides is 1. The molecule has 0 fully saturated rings. The highest BCUT2D eigenvalue weighted by atomic mass is 35.5. The molecule has 154 valence electrons. The van der Waals surface area contributed by atoms with Crippen LogP contribution in [0.15, 0.2) is 53.4 Å². The molecule has 0 aliphatic rings. The van der Waals surface area contributed by atoms with Gasteiger partial charge in [-0.25, -0.2) is 13.6 Å². The van der Waals surface area contributed by atoms with Crippen LogP contribution in [0, 0.1) is 0 Å². The Hall–Kier alpha value is -2.75. The monoisotopic (exact) mass is 438 g/mol. The second kappa shape index (κ2) is 9.64. The van der Waals surface area contributed by atoms with Crippen molar-refractivity contribution in [3.63, 3.8) is 0 Å². The molecule has 2 aromatic carbocycles. The summed E-state index contributed by atoms with van der Waals surface area (Å²) in [6, 6.07) is 11.5. The van der Waals surface area contributed by atoms with Crippen LogP contribution in [-0.4, -0.2) is 32.2 Å². The van der Waals surface area contributed by atoms with E-state index in [4.69, 9.17) is 21.5 Å². The van der Waals surface area contributed by atoms with Crippen molar-refractivity contribution in [2.24, 2.45) is 5.14 Å². The van der Waals surface area contributed by atoms with E-state index in [1.165, 1.54) is 31.2 Å². The van der Waals surface area contributed by atoms with E-state index in [0.29, 0.717) is 16.3 Å². The number of hydrogen-bond acceptors (Lipinski definition) is 6. The van der Waals surface area contributed by atoms with Gasteiger partial charge in [-0.15, -0.1) is 0 Å². The maximum absolute atomic E-state index is 12.1. The number of nitrogens with two attached hydrogens (primary N) is 1. The maximum atomic E-state index is 12.1. The summed E-state index contributed by atoms with van der Waals surface area (Å²) < 4.78 is 27.5. The molecule has 0 bridgehead atoms. The molecule has 0 aliphatic carbocycles. The van der Waals surface area contributed by atoms with Crippen molar-refractivity contribution in [3.8, 4) is 0 Å². The van der Waals surface area contributed by atoms with E-state index >= 15 is 0 Å². The summed E-state index contributed by atoms with van der Waals surface area (Å²) >= 11 is 5.76. The lowest BCUT2D eigenvalue weighted by atomic mass is 10.1. The van der Waals surface area contributed by atoms with Gasteiger partial charge in [0.2, 0.25) is 10.0 Å². The minimum absolute atomic E-state index is 0.0656. The fourth-order valence-corrected chi connectivity index (χ4v) is 2.92. The van der Waals surface area contributed by atoms with Crippen LogP contribution in [0.2, 0.25) is 5.02 Å². The van der Waals surface area contributed by atoms with Gasteiger partial charge in [-0.2, -0.15) is 0 Å². The van der Waals surface area contributed by atoms with Gasteiger partial charge in [-0.3, -0.25) is 14.4 Å². The first kappa shape index (κ1) is 22.5. The van der Waals surface area contributed by atoms with Crippen LogP contribution < -0.4 is 10.5 Å². The lowest BCUT2D eigenvalue weighted by Crippen LogP contribution is -2.30. The van der Waals surface area contributed by atoms with Crippen molar-refractivity contribution in [3.05, 3.63) is 59.1 Å². The minimum atomic E-state index is -3.83. The van der Waals surface area contributed by atoms with Gasteiger partial charge in [0.05, 0.1) is 11.3 Å². The predicted octanol–water partition coefficient (Wildman–Crippen LogP) is 2.52. The van der Waals surface area contributed by atoms with E-state index < -0.39 is 28.0 Å². The maximum Gasteiger partial charge on any atom is 0.307 e. The predicted molar refractivity (Wildman–Crippen MR) is 107 cm³/mol. The lowest BCUT2D eigenvalue weighted by Gasteiger charge is -2.13. The smallest absolute Gasteiger partial charge is 0.307 e. The number of ether oxygens (including phenoxy) is 1. The molecule has 0 radical (unpaired) electrons. The van der Waals surface area contributed by atoms with Crippen LogP contribution in [0.4, 0.5) is 5.69 Å². The van der Waals surface area contributed by atoms with Gasteiger partial charge >= 0.3 is 5.97 Å². The van der Waals surface area contributed by atoms with Crippen molar-refractivity contribution >= 4 is 45.0 Å². The lowest BCUT2D eigenvalue weighted by molar-refractivity contribution is -0.153. The molecule has 0 aliphatic heterocycles. The highest BCUT2D eigenvalue weighted by Gasteiger charge is 2.19. The fraction of sp³-hybridized carbons (Fsp3) is 0.211. The molecule has 0 heterocycles. The van der Waals surface area contributed by atoms with Crippen LogP contribution in [0.3, 0.4) is 0 Å². The van der Waals surface area contributed by atoms with Gasteiger partial charge in [-0.05, 0) is 55.5 Å². The van der Waals surface area contributed by atoms with Gasteiger partial charge in [0.15, 0.2) is 11.9 Å². The first-order valence-electron chi connectivity index (χ1n) is 8.48. The largest absolute Gasteiger partial charge is 0.453 e. The van der Waals surface area contributed by atoms with E-state index in [0.717, 1.165) is 0 Å². The summed E-state index contributed by atoms with van der Waals surface area (Å²) in [5.41, 5.74) is 0.735. The van der Waals surface area contributed by atoms with Gasteiger partial charge in [0, 0.05) is 22.7 Å². The number of carbonyl (C=O) groups is 3. The SMILES string of the molecule is C[C@H](OC(=O)CCC(=O)c1ccc(Cl)cc1)C(=O)Nc1ccc(S(N)(=O)=O)cc1. The summed E-state index contributed by atoms with van der Waals surface area (Å²) in [6.45, 7) is 1.38. The summed E-state index contributed by atoms with van der Waals surface area (Å²) in [5.74, 6) is -1.55. The molecule has 0 saturated carbocycles. The molecule has 2 aromatic rings. The van der Waals surface area contributed by atoms with Gasteiger partial charge in [0.1, 0.15) is 0 Å². The van der Waals surface area contributed by atoms with Crippen LogP contribution >= 0.6 is 11.6 Å². The average Bonchev–Trinajstić information content (AvgIpc) is 2.66. The van der Waals surface area contributed by atoms with Crippen molar-refractivity contribution < 1.29 is 27.5 Å². The molecule has 0 unspecified atom stereocenters. The minimum Gasteiger partial charge on any atom is -0.453 e. The topological polar surface area (TPSA) is 133 Å². The number of Topliss-reactive ketones (excluding diaryl/α,β-unsaturated/α-hetero) is 1. The highest BCUT2D eigenvalue weighted by Crippen LogP contribution is 2.14. The van der Waals surface area contributed by atoms with Gasteiger partial charge in [-0.1, -0.05) is 11.6 Å². The van der Waals surface area contributed by atoms with Crippen molar-refractivity contribution in [1.82, 2.24) is 0 Å². The van der Waals surface area contributed by atoms with E-state index in [1.54, 1.807) is 24.3 Å². The zero-order chi connectivity index (χ0) is 21.6. The molecular weight excluding hydrogens is 420 g/mol. The number of halogens is 1. The van der Waals surface area contributed by atoms with E-state index in [2.05, 4.69) is 5.32 Å². The Bertz CT molecular complexity index is 1000. The second-order valence-electron chi connectivity index (χ2n) is 6.12. The summed E-state index contributed by atoms with van der Waals surface area (Å²) in [7, 11) is -3.83. The molecule has 0 saturated heterocycles. The van der Waals surface area contributed by atoms with Gasteiger partial charge < -0.3 is 10.1 Å². The van der Waals surface area contributed by atoms with E-state index in [1.807, 2.05) is 0 Å². The number of carbonyl (C=O) groups excluding carboxylic acids is 3. The fourth-order valence-electron chi connectivity index (χ4n) is 2.28. The third kappa shape index (κ3) is 6.97. The Morgan fingerprint density at radius 1 is 1.03 bits per heavy atom. The number of esters is 1. The molecule has 1 amide bonds. The first-order valence-corrected chi connectivity index (χ1v) is 10.4. The van der Waals surface area contributed by atoms with Crippen molar-refractivity contribution in [2.75, 3.05) is 5.32 Å². The van der Waals surface area contributed by atoms with Crippen LogP contribution in [0.5, 0.6) is 0 Å². The standard InChI is InChI=1S/C19H19ClN2O6S/c1-12(19(25)22-15-6-8-16(9-7-15)29(21,26)27)28-18(24)11-10-17(23)13-2-4-14(20)5-3-13/h2-9,12H,10-11H2,1H3,(H,22,25)(H2,21,26,27)/t12-/m0/s1. The number of amides is 1. The molecule has 2 rings (SSSR count). The number of nitrogens with one attached hydrogen (secondary N) is 1. The molecule has 3 N–H and O–H groups in total. The molecule has 8 nitrogen and oxygen atoms in total. The number of benzene rings is 2. The molecule has 0 spiro atoms. The Morgan fingerprint density at radius 3 is 2.17 bits per heavy atom.